The van der Waals surface area contributed by atoms with Crippen LogP contribution in [0.15, 0.2) is 30.6 Å². The van der Waals surface area contributed by atoms with Gasteiger partial charge in [-0.1, -0.05) is 25.4 Å². The average Bonchev–Trinajstić information content (AvgIpc) is 3.42. The number of anilines is 2. The molecule has 2 fully saturated rings. The van der Waals surface area contributed by atoms with E-state index in [-0.39, 0.29) is 47.9 Å². The van der Waals surface area contributed by atoms with Crippen LogP contribution in [-0.4, -0.2) is 71.5 Å². The SMILES string of the molecule is CC[C@@H]1C[C@H](N(Cc2cc(Cl)cc(C(F)(F)F)c2)c2ncc(N3CCC[C@H]3COC)cn2)C[C@H](CC)N1C(=O)OC(C)C. The van der Waals surface area contributed by atoms with E-state index in [0.717, 1.165) is 37.2 Å². The van der Waals surface area contributed by atoms with Gasteiger partial charge in [0, 0.05) is 43.3 Å². The summed E-state index contributed by atoms with van der Waals surface area (Å²) in [6, 6.07) is 3.52. The van der Waals surface area contributed by atoms with E-state index in [2.05, 4.69) is 4.90 Å². The second kappa shape index (κ2) is 14.3. The average molecular weight is 626 g/mol. The first-order chi connectivity index (χ1) is 20.4. The predicted octanol–water partition coefficient (Wildman–Crippen LogP) is 7.34. The molecule has 12 heteroatoms. The quantitative estimate of drug-likeness (QED) is 0.274. The topological polar surface area (TPSA) is 71.0 Å². The fourth-order valence-corrected chi connectivity index (χ4v) is 6.67. The van der Waals surface area contributed by atoms with Crippen LogP contribution in [0, 0.1) is 0 Å². The van der Waals surface area contributed by atoms with E-state index in [1.807, 2.05) is 37.5 Å². The summed E-state index contributed by atoms with van der Waals surface area (Å²) >= 11 is 6.17. The van der Waals surface area contributed by atoms with Gasteiger partial charge in [0.05, 0.1) is 42.4 Å². The van der Waals surface area contributed by atoms with Crippen molar-refractivity contribution in [1.29, 1.82) is 0 Å². The van der Waals surface area contributed by atoms with Gasteiger partial charge < -0.3 is 24.2 Å². The molecule has 4 rings (SSSR count). The second-order valence-corrected chi connectivity index (χ2v) is 12.2. The maximum Gasteiger partial charge on any atom is 0.416 e. The van der Waals surface area contributed by atoms with Crippen molar-refractivity contribution in [1.82, 2.24) is 14.9 Å². The standard InChI is InChI=1S/C31H43ClF3N5O3/c1-6-24-14-27(15-25(7-2)40(24)30(41)43-20(3)4)39(18-21-11-22(31(33,34)35)13-23(32)12-21)29-36-16-28(17-37-29)38-10-8-9-26(38)19-42-5/h11-13,16-17,20,24-27H,6-10,14-15,18-19H2,1-5H3/t24-,25+,26-,27+/m0/s1. The molecule has 1 aromatic heterocycles. The first-order valence-corrected chi connectivity index (χ1v) is 15.5. The molecule has 4 atom stereocenters. The van der Waals surface area contributed by atoms with Crippen molar-refractivity contribution in [3.8, 4) is 0 Å². The minimum atomic E-state index is -4.53. The summed E-state index contributed by atoms with van der Waals surface area (Å²) in [5, 5.41) is 0.0170. The summed E-state index contributed by atoms with van der Waals surface area (Å²) in [4.78, 5) is 28.7. The molecule has 0 spiro atoms. The van der Waals surface area contributed by atoms with Crippen LogP contribution in [0.5, 0.6) is 0 Å². The van der Waals surface area contributed by atoms with Gasteiger partial charge in [-0.15, -0.1) is 0 Å². The first-order valence-electron chi connectivity index (χ1n) is 15.1. The Morgan fingerprint density at radius 1 is 1.09 bits per heavy atom. The summed E-state index contributed by atoms with van der Waals surface area (Å²) in [5.74, 6) is 0.424. The summed E-state index contributed by atoms with van der Waals surface area (Å²) in [6.07, 6.45) is 3.14. The molecule has 2 aliphatic heterocycles. The van der Waals surface area contributed by atoms with Gasteiger partial charge in [-0.3, -0.25) is 0 Å². The van der Waals surface area contributed by atoms with Crippen LogP contribution in [0.25, 0.3) is 0 Å². The second-order valence-electron chi connectivity index (χ2n) is 11.7. The number of rotatable bonds is 10. The number of benzene rings is 1. The molecular formula is C31H43ClF3N5O3. The Balaban J connectivity index is 1.69. The Bertz CT molecular complexity index is 1200. The lowest BCUT2D eigenvalue weighted by molar-refractivity contribution is -0.137. The molecule has 0 unspecified atom stereocenters. The Morgan fingerprint density at radius 2 is 1.74 bits per heavy atom. The first kappa shape index (κ1) is 33.1. The number of carbonyl (C=O) groups excluding carboxylic acids is 1. The number of methoxy groups -OCH3 is 1. The lowest BCUT2D eigenvalue weighted by Crippen LogP contribution is -2.57. The van der Waals surface area contributed by atoms with Crippen LogP contribution in [-0.2, 0) is 22.2 Å². The molecule has 2 saturated heterocycles. The van der Waals surface area contributed by atoms with Crippen molar-refractivity contribution in [3.05, 3.63) is 46.7 Å². The van der Waals surface area contributed by atoms with Crippen molar-refractivity contribution >= 4 is 29.3 Å². The molecule has 3 heterocycles. The van der Waals surface area contributed by atoms with E-state index in [1.165, 1.54) is 0 Å². The Morgan fingerprint density at radius 3 is 2.30 bits per heavy atom. The van der Waals surface area contributed by atoms with Crippen LogP contribution in [0.2, 0.25) is 5.02 Å². The van der Waals surface area contributed by atoms with Gasteiger partial charge in [0.1, 0.15) is 0 Å². The number of halogens is 4. The molecule has 238 valence electrons. The van der Waals surface area contributed by atoms with Gasteiger partial charge in [0.25, 0.3) is 0 Å². The van der Waals surface area contributed by atoms with Crippen molar-refractivity contribution in [3.63, 3.8) is 0 Å². The highest BCUT2D eigenvalue weighted by Gasteiger charge is 2.41. The zero-order valence-corrected chi connectivity index (χ0v) is 26.4. The van der Waals surface area contributed by atoms with Gasteiger partial charge in [-0.2, -0.15) is 13.2 Å². The fraction of sp³-hybridized carbons (Fsp3) is 0.645. The van der Waals surface area contributed by atoms with Crippen LogP contribution in [0.4, 0.5) is 29.6 Å². The Hall–Kier alpha value is -2.79. The molecule has 0 N–H and O–H groups in total. The van der Waals surface area contributed by atoms with Crippen molar-refractivity contribution in [2.75, 3.05) is 30.1 Å². The zero-order valence-electron chi connectivity index (χ0n) is 25.6. The van der Waals surface area contributed by atoms with Crippen molar-refractivity contribution < 1.29 is 27.4 Å². The van der Waals surface area contributed by atoms with Crippen molar-refractivity contribution in [2.45, 2.75) is 109 Å². The highest BCUT2D eigenvalue weighted by molar-refractivity contribution is 6.30. The highest BCUT2D eigenvalue weighted by atomic mass is 35.5. The van der Waals surface area contributed by atoms with E-state index >= 15 is 0 Å². The number of carbonyl (C=O) groups is 1. The summed E-state index contributed by atoms with van der Waals surface area (Å²) in [7, 11) is 1.69. The molecule has 0 bridgehead atoms. The maximum atomic E-state index is 13.7. The largest absolute Gasteiger partial charge is 0.447 e. The molecule has 1 amide bonds. The number of piperidine rings is 1. The number of hydrogen-bond acceptors (Lipinski definition) is 7. The van der Waals surface area contributed by atoms with Crippen LogP contribution in [0.1, 0.15) is 77.3 Å². The molecule has 0 radical (unpaired) electrons. The van der Waals surface area contributed by atoms with Crippen LogP contribution in [0.3, 0.4) is 0 Å². The smallest absolute Gasteiger partial charge is 0.416 e. The summed E-state index contributed by atoms with van der Waals surface area (Å²) in [6.45, 7) is 9.34. The molecule has 8 nitrogen and oxygen atoms in total. The normalized spacial score (nSPS) is 22.7. The number of alkyl halides is 3. The maximum absolute atomic E-state index is 13.7. The highest BCUT2D eigenvalue weighted by Crippen LogP contribution is 2.36. The molecule has 2 aromatic rings. The zero-order chi connectivity index (χ0) is 31.3. The number of likely N-dealkylation sites (tertiary alicyclic amines) is 1. The van der Waals surface area contributed by atoms with E-state index < -0.39 is 11.7 Å². The van der Waals surface area contributed by atoms with Gasteiger partial charge in [0.2, 0.25) is 5.95 Å². The lowest BCUT2D eigenvalue weighted by atomic mass is 9.87. The minimum Gasteiger partial charge on any atom is -0.447 e. The van der Waals surface area contributed by atoms with Crippen LogP contribution >= 0.6 is 11.6 Å². The molecular weight excluding hydrogens is 583 g/mol. The van der Waals surface area contributed by atoms with E-state index in [4.69, 9.17) is 31.0 Å². The van der Waals surface area contributed by atoms with Gasteiger partial charge >= 0.3 is 12.3 Å². The lowest BCUT2D eigenvalue weighted by Gasteiger charge is -2.47. The van der Waals surface area contributed by atoms with Gasteiger partial charge in [-0.25, -0.2) is 14.8 Å². The molecule has 43 heavy (non-hydrogen) atoms. The van der Waals surface area contributed by atoms with Gasteiger partial charge in [0.15, 0.2) is 0 Å². The molecule has 2 aliphatic rings. The Labute approximate surface area is 257 Å². The molecule has 0 aliphatic carbocycles. The minimum absolute atomic E-state index is 0.0170. The van der Waals surface area contributed by atoms with E-state index in [0.29, 0.717) is 43.8 Å². The number of hydrogen-bond donors (Lipinski definition) is 0. The number of aromatic nitrogens is 2. The summed E-state index contributed by atoms with van der Waals surface area (Å²) in [5.41, 5.74) is 0.498. The third-order valence-electron chi connectivity index (χ3n) is 8.39. The Kier molecular flexibility index (Phi) is 11.0. The van der Waals surface area contributed by atoms with Gasteiger partial charge in [-0.05, 0) is 76.1 Å². The fourth-order valence-electron chi connectivity index (χ4n) is 6.41. The van der Waals surface area contributed by atoms with Crippen molar-refractivity contribution in [2.24, 2.45) is 0 Å². The van der Waals surface area contributed by atoms with E-state index in [9.17, 15) is 18.0 Å². The number of nitrogens with zero attached hydrogens (tertiary/aromatic N) is 5. The van der Waals surface area contributed by atoms with Crippen LogP contribution < -0.4 is 9.80 Å². The third-order valence-corrected chi connectivity index (χ3v) is 8.61. The predicted molar refractivity (Wildman–Crippen MR) is 162 cm³/mol. The number of amides is 1. The summed E-state index contributed by atoms with van der Waals surface area (Å²) < 4.78 is 52.0. The molecule has 0 saturated carbocycles. The number of ether oxygens (including phenoxy) is 2. The van der Waals surface area contributed by atoms with E-state index in [1.54, 1.807) is 25.6 Å². The monoisotopic (exact) mass is 625 g/mol. The molecule has 1 aromatic carbocycles. The third kappa shape index (κ3) is 8.03.